The number of hydrogen-bond acceptors (Lipinski definition) is 4. The maximum absolute atomic E-state index is 11.4. The van der Waals surface area contributed by atoms with Gasteiger partial charge < -0.3 is 20.1 Å². The summed E-state index contributed by atoms with van der Waals surface area (Å²) in [4.78, 5) is 12.9. The summed E-state index contributed by atoms with van der Waals surface area (Å²) in [5, 5.41) is 12.0. The van der Waals surface area contributed by atoms with Gasteiger partial charge in [0.05, 0.1) is 6.61 Å². The van der Waals surface area contributed by atoms with Gasteiger partial charge in [-0.1, -0.05) is 12.7 Å². The third kappa shape index (κ3) is 3.01. The molecule has 1 heterocycles. The summed E-state index contributed by atoms with van der Waals surface area (Å²) in [6, 6.07) is -0.0416. The second-order valence-corrected chi connectivity index (χ2v) is 3.15. The minimum absolute atomic E-state index is 0.0330. The minimum atomic E-state index is -0.343. The fourth-order valence-electron chi connectivity index (χ4n) is 1.34. The van der Waals surface area contributed by atoms with Crippen molar-refractivity contribution in [3.8, 4) is 0 Å². The Morgan fingerprint density at radius 1 is 1.79 bits per heavy atom. The van der Waals surface area contributed by atoms with Crippen molar-refractivity contribution >= 4 is 6.09 Å². The Kier molecular flexibility index (Phi) is 4.42. The first-order chi connectivity index (χ1) is 6.77. The highest BCUT2D eigenvalue weighted by Crippen LogP contribution is 2.01. The molecule has 5 nitrogen and oxygen atoms in total. The SMILES string of the molecule is C=CCOC(=O)N1CCN[C@H](CO)C1. The molecule has 1 amide bonds. The van der Waals surface area contributed by atoms with E-state index in [0.29, 0.717) is 19.6 Å². The molecule has 0 spiro atoms. The number of hydrogen-bond donors (Lipinski definition) is 2. The van der Waals surface area contributed by atoms with E-state index in [1.807, 2.05) is 0 Å². The van der Waals surface area contributed by atoms with Gasteiger partial charge in [0, 0.05) is 25.7 Å². The molecule has 2 N–H and O–H groups in total. The number of piperazine rings is 1. The molecule has 0 aromatic rings. The Morgan fingerprint density at radius 3 is 3.21 bits per heavy atom. The van der Waals surface area contributed by atoms with E-state index in [9.17, 15) is 4.79 Å². The van der Waals surface area contributed by atoms with Crippen molar-refractivity contribution in [1.82, 2.24) is 10.2 Å². The van der Waals surface area contributed by atoms with Gasteiger partial charge in [0.25, 0.3) is 0 Å². The Hall–Kier alpha value is -1.07. The van der Waals surface area contributed by atoms with Crippen molar-refractivity contribution in [1.29, 1.82) is 0 Å². The molecule has 14 heavy (non-hydrogen) atoms. The van der Waals surface area contributed by atoms with Crippen LogP contribution in [0.3, 0.4) is 0 Å². The van der Waals surface area contributed by atoms with Crippen LogP contribution in [-0.4, -0.2) is 55.0 Å². The van der Waals surface area contributed by atoms with E-state index >= 15 is 0 Å². The van der Waals surface area contributed by atoms with Crippen LogP contribution in [0.25, 0.3) is 0 Å². The smallest absolute Gasteiger partial charge is 0.410 e. The van der Waals surface area contributed by atoms with Crippen LogP contribution in [0.4, 0.5) is 4.79 Å². The third-order valence-corrected chi connectivity index (χ3v) is 2.06. The molecule has 1 fully saturated rings. The average Bonchev–Trinajstić information content (AvgIpc) is 2.26. The lowest BCUT2D eigenvalue weighted by Gasteiger charge is -2.31. The Morgan fingerprint density at radius 2 is 2.57 bits per heavy atom. The summed E-state index contributed by atoms with van der Waals surface area (Å²) in [6.45, 7) is 5.52. The van der Waals surface area contributed by atoms with Gasteiger partial charge in [-0.25, -0.2) is 4.79 Å². The molecule has 1 atom stereocenters. The van der Waals surface area contributed by atoms with E-state index in [1.54, 1.807) is 4.90 Å². The topological polar surface area (TPSA) is 61.8 Å². The first kappa shape index (κ1) is 11.0. The minimum Gasteiger partial charge on any atom is -0.445 e. The molecule has 1 aliphatic heterocycles. The fraction of sp³-hybridized carbons (Fsp3) is 0.667. The maximum atomic E-state index is 11.4. The van der Waals surface area contributed by atoms with Gasteiger partial charge in [-0.2, -0.15) is 0 Å². The Bertz CT molecular complexity index is 208. The van der Waals surface area contributed by atoms with Crippen molar-refractivity contribution in [2.45, 2.75) is 6.04 Å². The van der Waals surface area contributed by atoms with Crippen molar-refractivity contribution in [2.24, 2.45) is 0 Å². The molecular formula is C9H16N2O3. The first-order valence-electron chi connectivity index (χ1n) is 4.64. The van der Waals surface area contributed by atoms with Crippen molar-refractivity contribution in [3.05, 3.63) is 12.7 Å². The van der Waals surface area contributed by atoms with Gasteiger partial charge in [-0.3, -0.25) is 0 Å². The number of aliphatic hydroxyl groups excluding tert-OH is 1. The van der Waals surface area contributed by atoms with Gasteiger partial charge in [0.2, 0.25) is 0 Å². The van der Waals surface area contributed by atoms with E-state index < -0.39 is 0 Å². The zero-order valence-electron chi connectivity index (χ0n) is 8.11. The second-order valence-electron chi connectivity index (χ2n) is 3.15. The van der Waals surface area contributed by atoms with Crippen LogP contribution in [-0.2, 0) is 4.74 Å². The summed E-state index contributed by atoms with van der Waals surface area (Å²) in [5.74, 6) is 0. The van der Waals surface area contributed by atoms with Gasteiger partial charge in [-0.05, 0) is 0 Å². The van der Waals surface area contributed by atoms with Crippen LogP contribution in [0.2, 0.25) is 0 Å². The van der Waals surface area contributed by atoms with Gasteiger partial charge >= 0.3 is 6.09 Å². The molecule has 0 aromatic carbocycles. The molecule has 1 saturated heterocycles. The monoisotopic (exact) mass is 200 g/mol. The molecular weight excluding hydrogens is 184 g/mol. The predicted octanol–water partition coefficient (Wildman–Crippen LogP) is -0.425. The van der Waals surface area contributed by atoms with E-state index in [4.69, 9.17) is 9.84 Å². The zero-order valence-corrected chi connectivity index (χ0v) is 8.11. The van der Waals surface area contributed by atoms with Gasteiger partial charge in [0.15, 0.2) is 0 Å². The van der Waals surface area contributed by atoms with E-state index in [2.05, 4.69) is 11.9 Å². The number of carbonyl (C=O) groups excluding carboxylic acids is 1. The molecule has 0 saturated carbocycles. The number of nitrogens with zero attached hydrogens (tertiary/aromatic N) is 1. The van der Waals surface area contributed by atoms with Crippen LogP contribution in [0.5, 0.6) is 0 Å². The molecule has 80 valence electrons. The number of aliphatic hydroxyl groups is 1. The molecule has 0 aliphatic carbocycles. The van der Waals surface area contributed by atoms with Crippen molar-refractivity contribution < 1.29 is 14.6 Å². The predicted molar refractivity (Wildman–Crippen MR) is 52.0 cm³/mol. The molecule has 5 heteroatoms. The molecule has 0 radical (unpaired) electrons. The summed E-state index contributed by atoms with van der Waals surface area (Å²) in [7, 11) is 0. The van der Waals surface area contributed by atoms with Crippen LogP contribution in [0.15, 0.2) is 12.7 Å². The lowest BCUT2D eigenvalue weighted by molar-refractivity contribution is 0.0907. The zero-order chi connectivity index (χ0) is 10.4. The fourth-order valence-corrected chi connectivity index (χ4v) is 1.34. The van der Waals surface area contributed by atoms with Gasteiger partial charge in [-0.15, -0.1) is 0 Å². The van der Waals surface area contributed by atoms with Crippen LogP contribution in [0.1, 0.15) is 0 Å². The highest BCUT2D eigenvalue weighted by molar-refractivity contribution is 5.67. The molecule has 1 aliphatic rings. The number of amides is 1. The summed E-state index contributed by atoms with van der Waals surface area (Å²) in [6.07, 6.45) is 1.19. The number of carbonyl (C=O) groups is 1. The Balaban J connectivity index is 2.35. The standard InChI is InChI=1S/C9H16N2O3/c1-2-5-14-9(13)11-4-3-10-8(6-11)7-12/h2,8,10,12H,1,3-7H2/t8-/m0/s1. The van der Waals surface area contributed by atoms with Crippen LogP contribution < -0.4 is 5.32 Å². The molecule has 0 aromatic heterocycles. The lowest BCUT2D eigenvalue weighted by Crippen LogP contribution is -2.54. The quantitative estimate of drug-likeness (QED) is 0.607. The summed E-state index contributed by atoms with van der Waals surface area (Å²) >= 11 is 0. The van der Waals surface area contributed by atoms with Crippen molar-refractivity contribution in [3.63, 3.8) is 0 Å². The van der Waals surface area contributed by atoms with Crippen LogP contribution >= 0.6 is 0 Å². The lowest BCUT2D eigenvalue weighted by atomic mass is 10.2. The van der Waals surface area contributed by atoms with Crippen molar-refractivity contribution in [2.75, 3.05) is 32.8 Å². The number of ether oxygens (including phenoxy) is 1. The highest BCUT2D eigenvalue weighted by atomic mass is 16.6. The van der Waals surface area contributed by atoms with Crippen LogP contribution in [0, 0.1) is 0 Å². The highest BCUT2D eigenvalue weighted by Gasteiger charge is 2.23. The average molecular weight is 200 g/mol. The molecule has 0 unspecified atom stereocenters. The summed E-state index contributed by atoms with van der Waals surface area (Å²) < 4.78 is 4.88. The van der Waals surface area contributed by atoms with E-state index in [0.717, 1.165) is 0 Å². The normalized spacial score (nSPS) is 21.8. The summed E-state index contributed by atoms with van der Waals surface area (Å²) in [5.41, 5.74) is 0. The van der Waals surface area contributed by atoms with E-state index in [-0.39, 0.29) is 25.3 Å². The third-order valence-electron chi connectivity index (χ3n) is 2.06. The molecule has 0 bridgehead atoms. The van der Waals surface area contributed by atoms with E-state index in [1.165, 1.54) is 6.08 Å². The first-order valence-corrected chi connectivity index (χ1v) is 4.64. The largest absolute Gasteiger partial charge is 0.445 e. The number of nitrogens with one attached hydrogen (secondary N) is 1. The maximum Gasteiger partial charge on any atom is 0.410 e. The number of rotatable bonds is 3. The Labute approximate surface area is 83.3 Å². The van der Waals surface area contributed by atoms with Gasteiger partial charge in [0.1, 0.15) is 6.61 Å². The molecule has 1 rings (SSSR count). The second kappa shape index (κ2) is 5.62.